The molecule has 0 saturated heterocycles. The molecule has 0 amide bonds. The van der Waals surface area contributed by atoms with Gasteiger partial charge in [-0.1, -0.05) is 72.8 Å². The van der Waals surface area contributed by atoms with E-state index >= 15 is 0 Å². The van der Waals surface area contributed by atoms with Crippen molar-refractivity contribution in [3.05, 3.63) is 145 Å². The summed E-state index contributed by atoms with van der Waals surface area (Å²) >= 11 is 3.56. The maximum atomic E-state index is 11.2. The first-order valence-corrected chi connectivity index (χ1v) is 18.0. The summed E-state index contributed by atoms with van der Waals surface area (Å²) < 4.78 is 9.23. The van der Waals surface area contributed by atoms with E-state index in [1.807, 2.05) is 18.2 Å². The van der Waals surface area contributed by atoms with Gasteiger partial charge < -0.3 is 9.13 Å². The number of nitrogens with zero attached hydrogens (tertiary/aromatic N) is 4. The normalized spacial score (nSPS) is 12.0. The fraction of sp³-hybridized carbons (Fsp3) is 0. The average Bonchev–Trinajstić information content (AvgIpc) is 3.89. The van der Waals surface area contributed by atoms with Gasteiger partial charge in [0.25, 0.3) is 0 Å². The number of hydrogen-bond donors (Lipinski definition) is 0. The number of benzene rings is 7. The molecule has 0 aliphatic rings. The Hall–Kier alpha value is -6.44. The maximum Gasteiger partial charge on any atom is 0.104 e. The molecule has 0 radical (unpaired) electrons. The molecule has 0 fully saturated rings. The van der Waals surface area contributed by atoms with Crippen LogP contribution in [0, 0.1) is 22.7 Å². The molecule has 0 aliphatic carbocycles. The Balaban J connectivity index is 1.28. The molecular formula is C44H22N4S2. The van der Waals surface area contributed by atoms with Gasteiger partial charge in [-0.15, -0.1) is 22.7 Å². The summed E-state index contributed by atoms with van der Waals surface area (Å²) in [6.07, 6.45) is 0. The molecule has 0 aliphatic heterocycles. The van der Waals surface area contributed by atoms with Crippen molar-refractivity contribution in [1.82, 2.24) is 9.13 Å². The van der Waals surface area contributed by atoms with Gasteiger partial charge in [0, 0.05) is 61.9 Å². The number of para-hydroxylation sites is 2. The van der Waals surface area contributed by atoms with Gasteiger partial charge in [-0.3, -0.25) is 0 Å². The molecular weight excluding hydrogens is 649 g/mol. The Morgan fingerprint density at radius 2 is 0.900 bits per heavy atom. The maximum absolute atomic E-state index is 11.2. The minimum atomic E-state index is 0.456. The van der Waals surface area contributed by atoms with E-state index < -0.39 is 0 Å². The average molecular weight is 671 g/mol. The molecule has 0 spiro atoms. The van der Waals surface area contributed by atoms with Crippen molar-refractivity contribution in [3.63, 3.8) is 0 Å². The number of thiophene rings is 2. The molecule has 0 saturated carbocycles. The molecule has 11 aromatic rings. The molecule has 7 aromatic carbocycles. The van der Waals surface area contributed by atoms with Gasteiger partial charge in [0.15, 0.2) is 0 Å². The van der Waals surface area contributed by atoms with E-state index in [1.165, 1.54) is 40.3 Å². The van der Waals surface area contributed by atoms with E-state index in [1.54, 1.807) is 22.7 Å². The Bertz CT molecular complexity index is 3360. The third kappa shape index (κ3) is 3.56. The first kappa shape index (κ1) is 27.5. The predicted octanol–water partition coefficient (Wildman–Crippen LogP) is 12.4. The van der Waals surface area contributed by atoms with Gasteiger partial charge in [-0.25, -0.2) is 0 Å². The fourth-order valence-corrected chi connectivity index (χ4v) is 10.3. The van der Waals surface area contributed by atoms with E-state index in [4.69, 9.17) is 0 Å². The highest BCUT2D eigenvalue weighted by atomic mass is 32.1. The number of nitriles is 2. The van der Waals surface area contributed by atoms with Crippen LogP contribution < -0.4 is 0 Å². The van der Waals surface area contributed by atoms with E-state index in [-0.39, 0.29) is 0 Å². The summed E-state index contributed by atoms with van der Waals surface area (Å²) in [4.78, 5) is 0. The van der Waals surface area contributed by atoms with Crippen LogP contribution in [0.5, 0.6) is 0 Å². The van der Waals surface area contributed by atoms with Crippen molar-refractivity contribution in [1.29, 1.82) is 10.5 Å². The van der Waals surface area contributed by atoms with Crippen molar-refractivity contribution >= 4 is 107 Å². The third-order valence-corrected chi connectivity index (χ3v) is 12.5. The standard InChI is InChI=1S/C44H22N4S2/c45-23-25-17-18-37(47-35-13-5-1-9-26(35)30-19-32-28-11-3-7-15-40(28)49-42(32)21-38(30)47)34(24-46)44(25)48-36-14-6-2-10-27(36)31-20-33-29-12-4-8-16-41(29)50-43(33)22-39(31)48/h1-22H. The zero-order valence-electron chi connectivity index (χ0n) is 26.3. The molecule has 0 N–H and O–H groups in total. The van der Waals surface area contributed by atoms with Crippen LogP contribution >= 0.6 is 22.7 Å². The zero-order chi connectivity index (χ0) is 33.1. The van der Waals surface area contributed by atoms with E-state index in [0.717, 1.165) is 49.3 Å². The van der Waals surface area contributed by atoms with Crippen LogP contribution in [0.25, 0.3) is 95.3 Å². The Kier molecular flexibility index (Phi) is 5.52. The minimum Gasteiger partial charge on any atom is -0.308 e. The summed E-state index contributed by atoms with van der Waals surface area (Å²) in [6.45, 7) is 0. The smallest absolute Gasteiger partial charge is 0.104 e. The van der Waals surface area contributed by atoms with Gasteiger partial charge in [-0.2, -0.15) is 10.5 Å². The second-order valence-electron chi connectivity index (χ2n) is 12.7. The fourth-order valence-electron chi connectivity index (χ4n) is 8.07. The van der Waals surface area contributed by atoms with Crippen molar-refractivity contribution in [2.24, 2.45) is 0 Å². The first-order valence-electron chi connectivity index (χ1n) is 16.4. The second-order valence-corrected chi connectivity index (χ2v) is 14.9. The number of fused-ring (bicyclic) bond motifs is 12. The van der Waals surface area contributed by atoms with Crippen molar-refractivity contribution in [2.75, 3.05) is 0 Å². The van der Waals surface area contributed by atoms with Gasteiger partial charge in [-0.05, 0) is 60.7 Å². The summed E-state index contributed by atoms with van der Waals surface area (Å²) in [7, 11) is 0. The van der Waals surface area contributed by atoms with Crippen molar-refractivity contribution in [3.8, 4) is 23.5 Å². The van der Waals surface area contributed by atoms with Crippen LogP contribution in [-0.4, -0.2) is 9.13 Å². The summed E-state index contributed by atoms with van der Waals surface area (Å²) in [5.41, 5.74) is 6.26. The van der Waals surface area contributed by atoms with Gasteiger partial charge >= 0.3 is 0 Å². The Labute approximate surface area is 293 Å². The summed E-state index contributed by atoms with van der Waals surface area (Å²) in [5, 5.41) is 31.2. The van der Waals surface area contributed by atoms with Gasteiger partial charge in [0.05, 0.1) is 39.0 Å². The van der Waals surface area contributed by atoms with Crippen LogP contribution in [0.15, 0.2) is 133 Å². The number of aromatic nitrogens is 2. The monoisotopic (exact) mass is 670 g/mol. The van der Waals surface area contributed by atoms with Crippen LogP contribution in [0.4, 0.5) is 0 Å². The number of hydrogen-bond acceptors (Lipinski definition) is 4. The molecule has 0 atom stereocenters. The highest BCUT2D eigenvalue weighted by Crippen LogP contribution is 2.44. The van der Waals surface area contributed by atoms with Crippen LogP contribution in [0.2, 0.25) is 0 Å². The summed E-state index contributed by atoms with van der Waals surface area (Å²) in [5.74, 6) is 0. The topological polar surface area (TPSA) is 57.4 Å². The predicted molar refractivity (Wildman–Crippen MR) is 210 cm³/mol. The molecule has 4 aromatic heterocycles. The van der Waals surface area contributed by atoms with E-state index in [0.29, 0.717) is 16.8 Å². The third-order valence-electron chi connectivity index (χ3n) is 10.2. The SMILES string of the molecule is N#Cc1ccc(-n2c3ccccc3c3cc4c(cc32)sc2ccccc24)c(C#N)c1-n1c2ccccc2c2cc3c(cc21)sc1ccccc13. The highest BCUT2D eigenvalue weighted by Gasteiger charge is 2.24. The minimum absolute atomic E-state index is 0.456. The number of rotatable bonds is 2. The quantitative estimate of drug-likeness (QED) is 0.184. The van der Waals surface area contributed by atoms with E-state index in [2.05, 4.69) is 137 Å². The molecule has 4 nitrogen and oxygen atoms in total. The largest absolute Gasteiger partial charge is 0.308 e. The molecule has 0 bridgehead atoms. The molecule has 6 heteroatoms. The lowest BCUT2D eigenvalue weighted by Crippen LogP contribution is -2.06. The lowest BCUT2D eigenvalue weighted by Gasteiger charge is -2.17. The molecule has 230 valence electrons. The molecule has 4 heterocycles. The molecule has 0 unspecified atom stereocenters. The lowest BCUT2D eigenvalue weighted by molar-refractivity contribution is 1.11. The van der Waals surface area contributed by atoms with Gasteiger partial charge in [0.1, 0.15) is 17.7 Å². The Morgan fingerprint density at radius 3 is 1.46 bits per heavy atom. The second kappa shape index (κ2) is 10.0. The highest BCUT2D eigenvalue weighted by molar-refractivity contribution is 7.26. The van der Waals surface area contributed by atoms with Crippen molar-refractivity contribution < 1.29 is 0 Å². The van der Waals surface area contributed by atoms with Crippen molar-refractivity contribution in [2.45, 2.75) is 0 Å². The van der Waals surface area contributed by atoms with Gasteiger partial charge in [0.2, 0.25) is 0 Å². The Morgan fingerprint density at radius 1 is 0.400 bits per heavy atom. The summed E-state index contributed by atoms with van der Waals surface area (Å²) in [6, 6.07) is 51.8. The van der Waals surface area contributed by atoms with Crippen LogP contribution in [-0.2, 0) is 0 Å². The van der Waals surface area contributed by atoms with Crippen LogP contribution in [0.1, 0.15) is 11.1 Å². The lowest BCUT2D eigenvalue weighted by atomic mass is 10.0. The molecule has 11 rings (SSSR count). The first-order chi connectivity index (χ1) is 24.7. The molecule has 50 heavy (non-hydrogen) atoms. The van der Waals surface area contributed by atoms with E-state index in [9.17, 15) is 10.5 Å². The zero-order valence-corrected chi connectivity index (χ0v) is 27.9. The van der Waals surface area contributed by atoms with Crippen LogP contribution in [0.3, 0.4) is 0 Å².